The maximum Gasteiger partial charge on any atom is 0.0889 e. The van der Waals surface area contributed by atoms with Crippen LogP contribution in [0.25, 0.3) is 11.3 Å². The largest absolute Gasteiger partial charge is 0.315 e. The molecule has 1 aromatic heterocycles. The van der Waals surface area contributed by atoms with Crippen molar-refractivity contribution in [1.29, 1.82) is 0 Å². The summed E-state index contributed by atoms with van der Waals surface area (Å²) >= 11 is 3.45. The van der Waals surface area contributed by atoms with Crippen LogP contribution >= 0.6 is 15.9 Å². The quantitative estimate of drug-likeness (QED) is 0.923. The highest BCUT2D eigenvalue weighted by Crippen LogP contribution is 2.25. The van der Waals surface area contributed by atoms with Gasteiger partial charge in [-0.25, -0.2) is 4.68 Å². The van der Waals surface area contributed by atoms with Crippen molar-refractivity contribution >= 4 is 15.9 Å². The van der Waals surface area contributed by atoms with E-state index < -0.39 is 0 Å². The zero-order chi connectivity index (χ0) is 11.7. The van der Waals surface area contributed by atoms with Crippen molar-refractivity contribution in [3.05, 3.63) is 34.9 Å². The molecule has 5 heteroatoms. The van der Waals surface area contributed by atoms with Crippen LogP contribution in [0.15, 0.2) is 34.9 Å². The molecule has 17 heavy (non-hydrogen) atoms. The summed E-state index contributed by atoms with van der Waals surface area (Å²) in [6.07, 6.45) is 2.95. The van der Waals surface area contributed by atoms with Crippen LogP contribution in [-0.2, 0) is 0 Å². The number of nitrogens with zero attached hydrogens (tertiary/aromatic N) is 3. The van der Waals surface area contributed by atoms with Gasteiger partial charge in [-0.2, -0.15) is 0 Å². The predicted octanol–water partition coefficient (Wildman–Crippen LogP) is 2.24. The molecule has 0 amide bonds. The number of hydrogen-bond acceptors (Lipinski definition) is 3. The molecule has 0 spiro atoms. The molecule has 1 aliphatic heterocycles. The minimum Gasteiger partial charge on any atom is -0.315 e. The second-order valence-electron chi connectivity index (χ2n) is 4.22. The van der Waals surface area contributed by atoms with Gasteiger partial charge in [0.05, 0.1) is 17.9 Å². The Labute approximate surface area is 108 Å². The van der Waals surface area contributed by atoms with Crippen LogP contribution in [0.5, 0.6) is 0 Å². The first-order valence-electron chi connectivity index (χ1n) is 5.71. The van der Waals surface area contributed by atoms with Crippen molar-refractivity contribution in [3.63, 3.8) is 0 Å². The van der Waals surface area contributed by atoms with E-state index in [1.807, 2.05) is 23.0 Å². The fourth-order valence-corrected chi connectivity index (χ4v) is 2.45. The van der Waals surface area contributed by atoms with Gasteiger partial charge in [0.2, 0.25) is 0 Å². The van der Waals surface area contributed by atoms with Gasteiger partial charge in [0.25, 0.3) is 0 Å². The average Bonchev–Trinajstić information content (AvgIpc) is 3.00. The Bertz CT molecular complexity index is 499. The maximum absolute atomic E-state index is 4.21. The van der Waals surface area contributed by atoms with Crippen molar-refractivity contribution in [2.24, 2.45) is 0 Å². The summed E-state index contributed by atoms with van der Waals surface area (Å²) in [7, 11) is 0. The van der Waals surface area contributed by atoms with Gasteiger partial charge in [-0.15, -0.1) is 5.10 Å². The van der Waals surface area contributed by atoms with Crippen molar-refractivity contribution < 1.29 is 0 Å². The van der Waals surface area contributed by atoms with Crippen molar-refractivity contribution in [2.45, 2.75) is 12.5 Å². The Balaban J connectivity index is 1.97. The summed E-state index contributed by atoms with van der Waals surface area (Å²) in [6.45, 7) is 2.04. The van der Waals surface area contributed by atoms with Crippen LogP contribution in [0.3, 0.4) is 0 Å². The number of benzene rings is 1. The highest BCUT2D eigenvalue weighted by Gasteiger charge is 2.20. The number of halogens is 1. The summed E-state index contributed by atoms with van der Waals surface area (Å²) in [5, 5.41) is 11.6. The molecule has 1 fully saturated rings. The minimum absolute atomic E-state index is 0.427. The molecule has 1 N–H and O–H groups in total. The molecule has 0 aliphatic carbocycles. The lowest BCUT2D eigenvalue weighted by atomic mass is 10.1. The minimum atomic E-state index is 0.427. The molecular formula is C12H13BrN4. The van der Waals surface area contributed by atoms with E-state index in [1.54, 1.807) is 0 Å². The van der Waals surface area contributed by atoms with E-state index in [4.69, 9.17) is 0 Å². The summed E-state index contributed by atoms with van der Waals surface area (Å²) in [5.74, 6) is 0. The van der Waals surface area contributed by atoms with Crippen LogP contribution in [0, 0.1) is 0 Å². The molecule has 1 aliphatic rings. The molecule has 1 atom stereocenters. The highest BCUT2D eigenvalue weighted by atomic mass is 79.9. The molecule has 2 aromatic rings. The molecule has 0 radical (unpaired) electrons. The summed E-state index contributed by atoms with van der Waals surface area (Å²) in [5.41, 5.74) is 2.25. The van der Waals surface area contributed by atoms with Gasteiger partial charge in [0, 0.05) is 16.6 Å². The predicted molar refractivity (Wildman–Crippen MR) is 69.7 cm³/mol. The molecule has 3 rings (SSSR count). The molecule has 4 nitrogen and oxygen atoms in total. The summed E-state index contributed by atoms with van der Waals surface area (Å²) < 4.78 is 3.12. The van der Waals surface area contributed by atoms with Gasteiger partial charge in [0.1, 0.15) is 0 Å². The third kappa shape index (κ3) is 2.12. The molecular weight excluding hydrogens is 280 g/mol. The normalized spacial score (nSPS) is 19.7. The van der Waals surface area contributed by atoms with E-state index in [2.05, 4.69) is 43.7 Å². The van der Waals surface area contributed by atoms with Crippen molar-refractivity contribution in [2.75, 3.05) is 13.1 Å². The monoisotopic (exact) mass is 292 g/mol. The van der Waals surface area contributed by atoms with Crippen LogP contribution in [-0.4, -0.2) is 28.1 Å². The molecule has 2 heterocycles. The van der Waals surface area contributed by atoms with Gasteiger partial charge in [-0.05, 0) is 25.1 Å². The van der Waals surface area contributed by atoms with Gasteiger partial charge in [-0.3, -0.25) is 0 Å². The first kappa shape index (κ1) is 10.9. The smallest absolute Gasteiger partial charge is 0.0889 e. The Morgan fingerprint density at radius 1 is 1.29 bits per heavy atom. The van der Waals surface area contributed by atoms with E-state index in [0.717, 1.165) is 35.2 Å². The van der Waals surface area contributed by atoms with Gasteiger partial charge >= 0.3 is 0 Å². The zero-order valence-corrected chi connectivity index (χ0v) is 10.9. The first-order valence-corrected chi connectivity index (χ1v) is 6.51. The van der Waals surface area contributed by atoms with Crippen molar-refractivity contribution in [3.8, 4) is 11.3 Å². The van der Waals surface area contributed by atoms with Crippen LogP contribution < -0.4 is 5.32 Å². The lowest BCUT2D eigenvalue weighted by Crippen LogP contribution is -2.15. The van der Waals surface area contributed by atoms with E-state index in [9.17, 15) is 0 Å². The summed E-state index contributed by atoms with van der Waals surface area (Å²) in [4.78, 5) is 0. The Kier molecular flexibility index (Phi) is 2.94. The lowest BCUT2D eigenvalue weighted by Gasteiger charge is -2.12. The van der Waals surface area contributed by atoms with Crippen LogP contribution in [0.2, 0.25) is 0 Å². The Hall–Kier alpha value is -1.20. The first-order chi connectivity index (χ1) is 8.34. The number of rotatable bonds is 2. The van der Waals surface area contributed by atoms with Crippen molar-refractivity contribution in [1.82, 2.24) is 20.3 Å². The van der Waals surface area contributed by atoms with E-state index >= 15 is 0 Å². The molecule has 1 saturated heterocycles. The second kappa shape index (κ2) is 4.58. The third-order valence-electron chi connectivity index (χ3n) is 3.10. The van der Waals surface area contributed by atoms with E-state index in [-0.39, 0.29) is 0 Å². The second-order valence-corrected chi connectivity index (χ2v) is 5.13. The number of nitrogens with one attached hydrogen (secondary N) is 1. The van der Waals surface area contributed by atoms with Crippen LogP contribution in [0.1, 0.15) is 12.5 Å². The molecule has 88 valence electrons. The average molecular weight is 293 g/mol. The van der Waals surface area contributed by atoms with Gasteiger partial charge in [0.15, 0.2) is 0 Å². The highest BCUT2D eigenvalue weighted by molar-refractivity contribution is 9.10. The SMILES string of the molecule is Brc1ccc(-c2cnnn2C2CCNC2)cc1. The third-order valence-corrected chi connectivity index (χ3v) is 3.62. The standard InChI is InChI=1S/C12H13BrN4/c13-10-3-1-9(2-4-10)12-8-15-16-17(12)11-5-6-14-7-11/h1-4,8,11,14H,5-7H2. The van der Waals surface area contributed by atoms with Gasteiger partial charge < -0.3 is 5.32 Å². The van der Waals surface area contributed by atoms with Gasteiger partial charge in [-0.1, -0.05) is 33.3 Å². The Morgan fingerprint density at radius 3 is 2.82 bits per heavy atom. The summed E-state index contributed by atoms with van der Waals surface area (Å²) in [6, 6.07) is 8.68. The zero-order valence-electron chi connectivity index (χ0n) is 9.31. The Morgan fingerprint density at radius 2 is 2.12 bits per heavy atom. The molecule has 1 unspecified atom stereocenters. The molecule has 1 aromatic carbocycles. The fraction of sp³-hybridized carbons (Fsp3) is 0.333. The molecule has 0 bridgehead atoms. The maximum atomic E-state index is 4.21. The van der Waals surface area contributed by atoms with E-state index in [0.29, 0.717) is 6.04 Å². The van der Waals surface area contributed by atoms with Crippen LogP contribution in [0.4, 0.5) is 0 Å². The van der Waals surface area contributed by atoms with E-state index in [1.165, 1.54) is 0 Å². The molecule has 0 saturated carbocycles. The number of aromatic nitrogens is 3. The number of hydrogen-bond donors (Lipinski definition) is 1. The lowest BCUT2D eigenvalue weighted by molar-refractivity contribution is 0.481. The topological polar surface area (TPSA) is 42.7 Å². The fourth-order valence-electron chi connectivity index (χ4n) is 2.19.